The largest absolute Gasteiger partial charge is 0.456 e. The summed E-state index contributed by atoms with van der Waals surface area (Å²) in [5, 5.41) is 6.40. The summed E-state index contributed by atoms with van der Waals surface area (Å²) in [5.41, 5.74) is 10.3. The quantitative estimate of drug-likeness (QED) is 0.180. The highest BCUT2D eigenvalue weighted by Gasteiger charge is 2.21. The molecular formula is C49H29N3O2. The van der Waals surface area contributed by atoms with E-state index in [0.717, 1.165) is 93.6 Å². The number of rotatable bonds is 5. The fraction of sp³-hybridized carbons (Fsp3) is 0. The SMILES string of the molecule is c1ccc(-c2ccc(-c3nc(-c4ccc5ccccc5c4)nc(-c4ccc(-c5ccc6oc7ccccc7c6c5)c5oc6ccccc6c45)n3)cc2)cc1. The van der Waals surface area contributed by atoms with Crippen LogP contribution in [0.15, 0.2) is 185 Å². The number of furan rings is 2. The molecule has 0 aliphatic heterocycles. The van der Waals surface area contributed by atoms with E-state index in [1.54, 1.807) is 0 Å². The summed E-state index contributed by atoms with van der Waals surface area (Å²) in [6, 6.07) is 60.4. The second-order valence-corrected chi connectivity index (χ2v) is 13.6. The lowest BCUT2D eigenvalue weighted by molar-refractivity contribution is 0.668. The molecule has 0 amide bonds. The molecule has 0 radical (unpaired) electrons. The number of para-hydroxylation sites is 2. The van der Waals surface area contributed by atoms with Crippen LogP contribution in [-0.4, -0.2) is 15.0 Å². The summed E-state index contributed by atoms with van der Waals surface area (Å²) < 4.78 is 12.9. The molecule has 3 aromatic heterocycles. The first-order valence-corrected chi connectivity index (χ1v) is 18.0. The molecule has 0 aliphatic rings. The molecule has 3 heterocycles. The van der Waals surface area contributed by atoms with Crippen LogP contribution in [0.3, 0.4) is 0 Å². The zero-order chi connectivity index (χ0) is 35.6. The van der Waals surface area contributed by atoms with E-state index in [1.807, 2.05) is 48.5 Å². The van der Waals surface area contributed by atoms with Crippen molar-refractivity contribution in [3.05, 3.63) is 176 Å². The maximum Gasteiger partial charge on any atom is 0.164 e. The number of hydrogen-bond donors (Lipinski definition) is 0. The lowest BCUT2D eigenvalue weighted by Gasteiger charge is -2.11. The summed E-state index contributed by atoms with van der Waals surface area (Å²) in [7, 11) is 0. The molecule has 0 bridgehead atoms. The highest BCUT2D eigenvalue weighted by molar-refractivity contribution is 6.16. The van der Waals surface area contributed by atoms with Gasteiger partial charge in [-0.2, -0.15) is 0 Å². The van der Waals surface area contributed by atoms with Gasteiger partial charge in [0.2, 0.25) is 0 Å². The van der Waals surface area contributed by atoms with E-state index in [4.69, 9.17) is 23.8 Å². The zero-order valence-corrected chi connectivity index (χ0v) is 28.9. The standard InChI is InChI=1S/C49H29N3O2/c1-2-10-30(11-3-1)32-18-21-33(22-19-32)47-50-48(36-23-20-31-12-4-5-13-34(31)28-36)52-49(51-47)40-26-25-37(46-45(40)39-15-7-9-17-43(39)54-46)35-24-27-44-41(29-35)38-14-6-8-16-42(38)53-44/h1-29H. The molecule has 11 aromatic rings. The van der Waals surface area contributed by atoms with Crippen LogP contribution < -0.4 is 0 Å². The van der Waals surface area contributed by atoms with Crippen molar-refractivity contribution in [3.8, 4) is 56.4 Å². The van der Waals surface area contributed by atoms with Crippen molar-refractivity contribution in [1.82, 2.24) is 15.0 Å². The molecule has 0 aliphatic carbocycles. The van der Waals surface area contributed by atoms with Crippen LogP contribution in [-0.2, 0) is 0 Å². The van der Waals surface area contributed by atoms with E-state index in [9.17, 15) is 0 Å². The molecule has 5 heteroatoms. The molecule has 0 saturated carbocycles. The Labute approximate surface area is 309 Å². The lowest BCUT2D eigenvalue weighted by Crippen LogP contribution is -2.00. The van der Waals surface area contributed by atoms with Crippen molar-refractivity contribution in [3.63, 3.8) is 0 Å². The Morgan fingerprint density at radius 2 is 0.889 bits per heavy atom. The van der Waals surface area contributed by atoms with Crippen LogP contribution >= 0.6 is 0 Å². The normalized spacial score (nSPS) is 11.7. The number of hydrogen-bond acceptors (Lipinski definition) is 5. The minimum Gasteiger partial charge on any atom is -0.456 e. The van der Waals surface area contributed by atoms with Gasteiger partial charge in [-0.25, -0.2) is 15.0 Å². The van der Waals surface area contributed by atoms with Gasteiger partial charge in [-0.3, -0.25) is 0 Å². The first-order valence-electron chi connectivity index (χ1n) is 18.0. The molecule has 0 unspecified atom stereocenters. The van der Waals surface area contributed by atoms with Gasteiger partial charge in [-0.1, -0.05) is 133 Å². The van der Waals surface area contributed by atoms with Crippen molar-refractivity contribution in [2.45, 2.75) is 0 Å². The summed E-state index contributed by atoms with van der Waals surface area (Å²) in [4.78, 5) is 15.5. The molecule has 0 atom stereocenters. The highest BCUT2D eigenvalue weighted by atomic mass is 16.3. The second-order valence-electron chi connectivity index (χ2n) is 13.6. The Hall–Kier alpha value is -7.37. The Morgan fingerprint density at radius 3 is 1.72 bits per heavy atom. The van der Waals surface area contributed by atoms with E-state index in [0.29, 0.717) is 17.5 Å². The molecular weight excluding hydrogens is 663 g/mol. The molecule has 0 saturated heterocycles. The predicted octanol–water partition coefficient (Wildman–Crippen LogP) is 13.2. The van der Waals surface area contributed by atoms with Gasteiger partial charge >= 0.3 is 0 Å². The van der Waals surface area contributed by atoms with Crippen molar-refractivity contribution < 1.29 is 8.83 Å². The molecule has 0 N–H and O–H groups in total. The average molecular weight is 692 g/mol. The first-order chi connectivity index (χ1) is 26.7. The number of fused-ring (bicyclic) bond motifs is 7. The highest BCUT2D eigenvalue weighted by Crippen LogP contribution is 2.43. The minimum atomic E-state index is 0.578. The van der Waals surface area contributed by atoms with Crippen molar-refractivity contribution in [2.24, 2.45) is 0 Å². The van der Waals surface area contributed by atoms with E-state index in [1.165, 1.54) is 0 Å². The summed E-state index contributed by atoms with van der Waals surface area (Å²) in [5.74, 6) is 1.79. The van der Waals surface area contributed by atoms with Crippen molar-refractivity contribution in [1.29, 1.82) is 0 Å². The van der Waals surface area contributed by atoms with Crippen LogP contribution in [0.4, 0.5) is 0 Å². The van der Waals surface area contributed by atoms with Gasteiger partial charge < -0.3 is 8.83 Å². The van der Waals surface area contributed by atoms with Crippen molar-refractivity contribution >= 4 is 54.6 Å². The maximum atomic E-state index is 6.72. The zero-order valence-electron chi connectivity index (χ0n) is 28.9. The third-order valence-corrected chi connectivity index (χ3v) is 10.3. The summed E-state index contributed by atoms with van der Waals surface area (Å²) >= 11 is 0. The number of aromatic nitrogens is 3. The monoisotopic (exact) mass is 691 g/mol. The number of benzene rings is 8. The fourth-order valence-electron chi connectivity index (χ4n) is 7.66. The van der Waals surface area contributed by atoms with Crippen LogP contribution in [0.1, 0.15) is 0 Å². The van der Waals surface area contributed by atoms with Gasteiger partial charge in [0.15, 0.2) is 17.5 Å². The van der Waals surface area contributed by atoms with Crippen LogP contribution in [0.2, 0.25) is 0 Å². The van der Waals surface area contributed by atoms with E-state index >= 15 is 0 Å². The van der Waals surface area contributed by atoms with Gasteiger partial charge in [-0.15, -0.1) is 0 Å². The smallest absolute Gasteiger partial charge is 0.164 e. The Bertz CT molecular complexity index is 3210. The van der Waals surface area contributed by atoms with Gasteiger partial charge in [0.1, 0.15) is 22.3 Å². The molecule has 54 heavy (non-hydrogen) atoms. The maximum absolute atomic E-state index is 6.72. The molecule has 5 nitrogen and oxygen atoms in total. The van der Waals surface area contributed by atoms with Gasteiger partial charge in [0, 0.05) is 43.8 Å². The summed E-state index contributed by atoms with van der Waals surface area (Å²) in [6.45, 7) is 0. The molecule has 0 fully saturated rings. The Balaban J connectivity index is 1.13. The van der Waals surface area contributed by atoms with Crippen LogP contribution in [0.25, 0.3) is 111 Å². The minimum absolute atomic E-state index is 0.578. The third-order valence-electron chi connectivity index (χ3n) is 10.3. The lowest BCUT2D eigenvalue weighted by atomic mass is 9.97. The van der Waals surface area contributed by atoms with E-state index in [2.05, 4.69) is 127 Å². The van der Waals surface area contributed by atoms with Gasteiger partial charge in [0.25, 0.3) is 0 Å². The second kappa shape index (κ2) is 12.1. The third kappa shape index (κ3) is 4.98. The van der Waals surface area contributed by atoms with Gasteiger partial charge in [-0.05, 0) is 69.9 Å². The van der Waals surface area contributed by atoms with E-state index < -0.39 is 0 Å². The van der Waals surface area contributed by atoms with Crippen LogP contribution in [0.5, 0.6) is 0 Å². The Kier molecular flexibility index (Phi) is 6.79. The van der Waals surface area contributed by atoms with Crippen LogP contribution in [0, 0.1) is 0 Å². The summed E-state index contributed by atoms with van der Waals surface area (Å²) in [6.07, 6.45) is 0. The first kappa shape index (κ1) is 30.3. The van der Waals surface area contributed by atoms with Gasteiger partial charge in [0.05, 0.1) is 0 Å². The molecule has 0 spiro atoms. The topological polar surface area (TPSA) is 65.0 Å². The fourth-order valence-corrected chi connectivity index (χ4v) is 7.66. The predicted molar refractivity (Wildman–Crippen MR) is 219 cm³/mol. The Morgan fingerprint density at radius 1 is 0.315 bits per heavy atom. The average Bonchev–Trinajstić information content (AvgIpc) is 3.82. The molecule has 8 aromatic carbocycles. The molecule has 11 rings (SSSR count). The molecule has 252 valence electrons. The van der Waals surface area contributed by atoms with Crippen molar-refractivity contribution in [2.75, 3.05) is 0 Å². The van der Waals surface area contributed by atoms with E-state index in [-0.39, 0.29) is 0 Å². The number of nitrogens with zero attached hydrogens (tertiary/aromatic N) is 3.